The van der Waals surface area contributed by atoms with E-state index in [0.29, 0.717) is 22.9 Å². The summed E-state index contributed by atoms with van der Waals surface area (Å²) in [4.78, 5) is 30.4. The Kier molecular flexibility index (Phi) is 7.86. The molecule has 8 heteroatoms. The van der Waals surface area contributed by atoms with Crippen LogP contribution in [0.3, 0.4) is 0 Å². The van der Waals surface area contributed by atoms with E-state index in [1.54, 1.807) is 12.1 Å². The summed E-state index contributed by atoms with van der Waals surface area (Å²) in [6.07, 6.45) is 1.39. The first-order chi connectivity index (χ1) is 18.8. The first-order valence-electron chi connectivity index (χ1n) is 13.6. The Morgan fingerprint density at radius 1 is 0.974 bits per heavy atom. The summed E-state index contributed by atoms with van der Waals surface area (Å²) in [7, 11) is 2.10. The summed E-state index contributed by atoms with van der Waals surface area (Å²) in [5, 5.41) is 5.86. The Morgan fingerprint density at radius 3 is 2.36 bits per heavy atom. The molecular weight excluding hydrogens is 490 g/mol. The molecule has 1 aliphatic carbocycles. The predicted molar refractivity (Wildman–Crippen MR) is 155 cm³/mol. The molecule has 2 aliphatic rings. The number of piperazine rings is 1. The summed E-state index contributed by atoms with van der Waals surface area (Å²) in [6, 6.07) is 22.9. The van der Waals surface area contributed by atoms with Gasteiger partial charge < -0.3 is 25.6 Å². The van der Waals surface area contributed by atoms with Crippen LogP contribution >= 0.6 is 0 Å². The number of nitrogens with two attached hydrogens (primary N) is 1. The van der Waals surface area contributed by atoms with Crippen molar-refractivity contribution in [3.8, 4) is 0 Å². The van der Waals surface area contributed by atoms with Gasteiger partial charge in [0.2, 0.25) is 0 Å². The van der Waals surface area contributed by atoms with Crippen molar-refractivity contribution in [2.24, 2.45) is 5.73 Å². The molecule has 3 aromatic carbocycles. The van der Waals surface area contributed by atoms with Gasteiger partial charge in [-0.05, 0) is 61.3 Å². The minimum Gasteiger partial charge on any atom is -0.444 e. The predicted octanol–water partition coefficient (Wildman–Crippen LogP) is 5.03. The van der Waals surface area contributed by atoms with Crippen LogP contribution in [0.5, 0.6) is 0 Å². The van der Waals surface area contributed by atoms with E-state index in [1.807, 2.05) is 60.7 Å². The van der Waals surface area contributed by atoms with Crippen LogP contribution in [-0.2, 0) is 11.3 Å². The van der Waals surface area contributed by atoms with Crippen molar-refractivity contribution in [1.29, 1.82) is 0 Å². The third kappa shape index (κ3) is 6.41. The smallest absolute Gasteiger partial charge is 0.412 e. The molecule has 0 spiro atoms. The Morgan fingerprint density at radius 2 is 1.69 bits per heavy atom. The topological polar surface area (TPSA) is 99.9 Å². The quantitative estimate of drug-likeness (QED) is 0.380. The van der Waals surface area contributed by atoms with Crippen LogP contribution in [-0.4, -0.2) is 55.7 Å². The number of hydrogen-bond donors (Lipinski definition) is 3. The molecule has 2 atom stereocenters. The molecule has 1 aliphatic heterocycles. The van der Waals surface area contributed by atoms with Crippen molar-refractivity contribution in [2.75, 3.05) is 48.8 Å². The van der Waals surface area contributed by atoms with Crippen LogP contribution in [0.15, 0.2) is 72.8 Å². The highest BCUT2D eigenvalue weighted by molar-refractivity contribution is 6.06. The number of anilines is 3. The summed E-state index contributed by atoms with van der Waals surface area (Å²) in [6.45, 7) is 5.77. The highest BCUT2D eigenvalue weighted by Crippen LogP contribution is 2.51. The molecule has 1 heterocycles. The number of likely N-dealkylation sites (N-methyl/N-ethyl adjacent to an activating group) is 1. The zero-order chi connectivity index (χ0) is 27.4. The van der Waals surface area contributed by atoms with Crippen LogP contribution < -0.4 is 21.3 Å². The standard InChI is InChI=1S/C31H37N5O3/c1-3-31(32)20-26(31)23-9-12-25(13-10-23)33-29(37)24-11-14-28(36-17-15-35(2)16-18-36)27(19-24)34-30(38)39-21-22-7-5-4-6-8-22/h4-14,19,26H,3,15-18,20-21,32H2,1-2H3,(H,33,37)(H,34,38)/t26-,31+/m0/s1. The largest absolute Gasteiger partial charge is 0.444 e. The Hall–Kier alpha value is -3.88. The Balaban J connectivity index is 1.29. The van der Waals surface area contributed by atoms with E-state index in [0.717, 1.165) is 50.3 Å². The van der Waals surface area contributed by atoms with Gasteiger partial charge >= 0.3 is 6.09 Å². The molecule has 0 bridgehead atoms. The number of carbonyl (C=O) groups is 2. The number of ether oxygens (including phenoxy) is 1. The monoisotopic (exact) mass is 527 g/mol. The van der Waals surface area contributed by atoms with E-state index in [4.69, 9.17) is 10.5 Å². The van der Waals surface area contributed by atoms with E-state index < -0.39 is 6.09 Å². The minimum atomic E-state index is -0.564. The second-order valence-electron chi connectivity index (χ2n) is 10.6. The van der Waals surface area contributed by atoms with E-state index in [2.05, 4.69) is 34.4 Å². The summed E-state index contributed by atoms with van der Waals surface area (Å²) < 4.78 is 5.46. The van der Waals surface area contributed by atoms with Gasteiger partial charge in [-0.3, -0.25) is 10.1 Å². The number of amides is 2. The van der Waals surface area contributed by atoms with Crippen LogP contribution in [0.1, 0.15) is 47.2 Å². The van der Waals surface area contributed by atoms with Crippen LogP contribution in [0.2, 0.25) is 0 Å². The fourth-order valence-corrected chi connectivity index (χ4v) is 5.13. The van der Waals surface area contributed by atoms with Crippen LogP contribution in [0.4, 0.5) is 21.9 Å². The average Bonchev–Trinajstić information content (AvgIpc) is 3.65. The van der Waals surface area contributed by atoms with Crippen molar-refractivity contribution in [3.63, 3.8) is 0 Å². The third-order valence-electron chi connectivity index (χ3n) is 7.90. The van der Waals surface area contributed by atoms with Gasteiger partial charge in [0, 0.05) is 48.9 Å². The lowest BCUT2D eigenvalue weighted by Gasteiger charge is -2.35. The first kappa shape index (κ1) is 26.7. The molecule has 1 saturated carbocycles. The lowest BCUT2D eigenvalue weighted by molar-refractivity contribution is 0.102. The summed E-state index contributed by atoms with van der Waals surface area (Å²) in [5.41, 5.74) is 11.0. The number of carbonyl (C=O) groups excluding carboxylic acids is 2. The average molecular weight is 528 g/mol. The van der Waals surface area contributed by atoms with Gasteiger partial charge in [-0.1, -0.05) is 49.4 Å². The zero-order valence-electron chi connectivity index (χ0n) is 22.7. The molecule has 204 valence electrons. The van der Waals surface area contributed by atoms with Gasteiger partial charge in [0.15, 0.2) is 0 Å². The normalized spacial score (nSPS) is 20.8. The lowest BCUT2D eigenvalue weighted by atomic mass is 10.0. The molecule has 5 rings (SSSR count). The fourth-order valence-electron chi connectivity index (χ4n) is 5.13. The van der Waals surface area contributed by atoms with Crippen LogP contribution in [0.25, 0.3) is 0 Å². The molecular formula is C31H37N5O3. The van der Waals surface area contributed by atoms with Crippen molar-refractivity contribution in [1.82, 2.24) is 4.90 Å². The van der Waals surface area contributed by atoms with Gasteiger partial charge in [0.05, 0.1) is 11.4 Å². The highest BCUT2D eigenvalue weighted by atomic mass is 16.5. The van der Waals surface area contributed by atoms with Gasteiger partial charge in [0.25, 0.3) is 5.91 Å². The maximum absolute atomic E-state index is 13.2. The maximum Gasteiger partial charge on any atom is 0.412 e. The van der Waals surface area contributed by atoms with Gasteiger partial charge in [-0.2, -0.15) is 0 Å². The van der Waals surface area contributed by atoms with Gasteiger partial charge in [-0.25, -0.2) is 4.79 Å². The lowest BCUT2D eigenvalue weighted by Crippen LogP contribution is -2.44. The van der Waals surface area contributed by atoms with Gasteiger partial charge in [-0.15, -0.1) is 0 Å². The molecule has 1 saturated heterocycles. The summed E-state index contributed by atoms with van der Waals surface area (Å²) >= 11 is 0. The van der Waals surface area contributed by atoms with Crippen molar-refractivity contribution < 1.29 is 14.3 Å². The molecule has 2 amide bonds. The molecule has 39 heavy (non-hydrogen) atoms. The second kappa shape index (κ2) is 11.5. The van der Waals surface area contributed by atoms with Crippen molar-refractivity contribution in [2.45, 2.75) is 37.8 Å². The van der Waals surface area contributed by atoms with Gasteiger partial charge in [0.1, 0.15) is 6.61 Å². The van der Waals surface area contributed by atoms with Crippen LogP contribution in [0, 0.1) is 0 Å². The zero-order valence-corrected chi connectivity index (χ0v) is 22.7. The van der Waals surface area contributed by atoms with E-state index >= 15 is 0 Å². The maximum atomic E-state index is 13.2. The van der Waals surface area contributed by atoms with Crippen molar-refractivity contribution >= 4 is 29.1 Å². The number of hydrogen-bond acceptors (Lipinski definition) is 6. The fraction of sp³-hybridized carbons (Fsp3) is 0.355. The number of nitrogens with zero attached hydrogens (tertiary/aromatic N) is 2. The molecule has 0 aromatic heterocycles. The number of nitrogens with one attached hydrogen (secondary N) is 2. The molecule has 4 N–H and O–H groups in total. The SMILES string of the molecule is CC[C@@]1(N)C[C@H]1c1ccc(NC(=O)c2ccc(N3CCN(C)CC3)c(NC(=O)OCc3ccccc3)c2)cc1. The second-order valence-corrected chi connectivity index (χ2v) is 10.6. The van der Waals surface area contributed by atoms with E-state index in [1.165, 1.54) is 5.56 Å². The minimum absolute atomic E-state index is 0.0953. The van der Waals surface area contributed by atoms with Crippen molar-refractivity contribution in [3.05, 3.63) is 89.5 Å². The first-order valence-corrected chi connectivity index (χ1v) is 13.6. The molecule has 3 aromatic rings. The number of rotatable bonds is 8. The molecule has 2 fully saturated rings. The number of benzene rings is 3. The Labute approximate surface area is 230 Å². The molecule has 0 unspecified atom stereocenters. The molecule has 0 radical (unpaired) electrons. The highest BCUT2D eigenvalue weighted by Gasteiger charge is 2.49. The summed E-state index contributed by atoms with van der Waals surface area (Å²) in [5.74, 6) is 0.131. The van der Waals surface area contributed by atoms with E-state index in [-0.39, 0.29) is 18.1 Å². The molecule has 8 nitrogen and oxygen atoms in total. The third-order valence-corrected chi connectivity index (χ3v) is 7.90. The Bertz CT molecular complexity index is 1310. The van der Waals surface area contributed by atoms with E-state index in [9.17, 15) is 9.59 Å².